The molecule has 0 fully saturated rings. The van der Waals surface area contributed by atoms with Crippen molar-refractivity contribution in [1.82, 2.24) is 0 Å². The lowest BCUT2D eigenvalue weighted by Gasteiger charge is -2.15. The van der Waals surface area contributed by atoms with E-state index in [4.69, 9.17) is 9.84 Å². The minimum Gasteiger partial charge on any atom is -0.490 e. The number of aliphatic hydroxyl groups is 1. The molecule has 0 aliphatic carbocycles. The topological polar surface area (TPSA) is 84.6 Å². The maximum Gasteiger partial charge on any atom is 0.311 e. The van der Waals surface area contributed by atoms with Crippen LogP contribution >= 0.6 is 0 Å². The third-order valence-electron chi connectivity index (χ3n) is 2.58. The summed E-state index contributed by atoms with van der Waals surface area (Å²) in [6.07, 6.45) is 1.55. The third-order valence-corrected chi connectivity index (χ3v) is 2.58. The molecule has 6 heteroatoms. The molecule has 1 rings (SSSR count). The predicted molar refractivity (Wildman–Crippen MR) is 69.1 cm³/mol. The van der Waals surface area contributed by atoms with Crippen LogP contribution in [0.4, 0.5) is 11.4 Å². The molecule has 18 heavy (non-hydrogen) atoms. The number of anilines is 1. The number of hydrogen-bond acceptors (Lipinski definition) is 5. The van der Waals surface area contributed by atoms with Crippen molar-refractivity contribution < 1.29 is 14.8 Å². The van der Waals surface area contributed by atoms with Crippen molar-refractivity contribution >= 4 is 11.4 Å². The van der Waals surface area contributed by atoms with Gasteiger partial charge in [0, 0.05) is 30.5 Å². The second-order valence-electron chi connectivity index (χ2n) is 4.05. The Balaban J connectivity index is 2.76. The van der Waals surface area contributed by atoms with Crippen LogP contribution in [0.2, 0.25) is 0 Å². The second kappa shape index (κ2) is 6.80. The number of benzene rings is 1. The molecule has 0 heterocycles. The van der Waals surface area contributed by atoms with Crippen molar-refractivity contribution in [2.24, 2.45) is 0 Å². The van der Waals surface area contributed by atoms with E-state index in [1.54, 1.807) is 12.1 Å². The van der Waals surface area contributed by atoms with E-state index in [1.165, 1.54) is 13.2 Å². The van der Waals surface area contributed by atoms with E-state index in [-0.39, 0.29) is 24.1 Å². The molecular formula is C12H18N2O4. The SMILES string of the molecule is COc1cc(NC(C)CCCO)ccc1[N+](=O)[O-]. The Kier molecular flexibility index (Phi) is 5.38. The van der Waals surface area contributed by atoms with Gasteiger partial charge in [0.2, 0.25) is 0 Å². The molecule has 0 bridgehead atoms. The zero-order valence-corrected chi connectivity index (χ0v) is 10.5. The normalized spacial score (nSPS) is 11.9. The summed E-state index contributed by atoms with van der Waals surface area (Å²) in [6.45, 7) is 2.15. The van der Waals surface area contributed by atoms with E-state index < -0.39 is 4.92 Å². The Bertz CT molecular complexity index is 409. The van der Waals surface area contributed by atoms with E-state index in [2.05, 4.69) is 5.32 Å². The highest BCUT2D eigenvalue weighted by molar-refractivity contribution is 5.58. The molecule has 0 aliphatic heterocycles. The maximum absolute atomic E-state index is 10.7. The fourth-order valence-electron chi connectivity index (χ4n) is 1.67. The molecule has 6 nitrogen and oxygen atoms in total. The Labute approximate surface area is 106 Å². The third kappa shape index (κ3) is 3.89. The van der Waals surface area contributed by atoms with E-state index in [0.29, 0.717) is 0 Å². The van der Waals surface area contributed by atoms with Crippen LogP contribution in [-0.2, 0) is 0 Å². The monoisotopic (exact) mass is 254 g/mol. The number of methoxy groups -OCH3 is 1. The van der Waals surface area contributed by atoms with Gasteiger partial charge in [-0.25, -0.2) is 0 Å². The van der Waals surface area contributed by atoms with Crippen molar-refractivity contribution in [3.05, 3.63) is 28.3 Å². The Morgan fingerprint density at radius 1 is 1.56 bits per heavy atom. The Morgan fingerprint density at radius 3 is 2.83 bits per heavy atom. The first-order valence-electron chi connectivity index (χ1n) is 5.78. The fraction of sp³-hybridized carbons (Fsp3) is 0.500. The van der Waals surface area contributed by atoms with Crippen LogP contribution in [0.3, 0.4) is 0 Å². The van der Waals surface area contributed by atoms with Gasteiger partial charge in [-0.1, -0.05) is 0 Å². The molecule has 0 amide bonds. The van der Waals surface area contributed by atoms with E-state index >= 15 is 0 Å². The maximum atomic E-state index is 10.7. The minimum atomic E-state index is -0.474. The van der Waals surface area contributed by atoms with Crippen LogP contribution in [0.25, 0.3) is 0 Å². The summed E-state index contributed by atoms with van der Waals surface area (Å²) < 4.78 is 4.99. The largest absolute Gasteiger partial charge is 0.490 e. The molecule has 0 spiro atoms. The van der Waals surface area contributed by atoms with Crippen LogP contribution in [0, 0.1) is 10.1 Å². The highest BCUT2D eigenvalue weighted by Crippen LogP contribution is 2.30. The summed E-state index contributed by atoms with van der Waals surface area (Å²) in [4.78, 5) is 10.3. The van der Waals surface area contributed by atoms with Gasteiger partial charge < -0.3 is 15.2 Å². The minimum absolute atomic E-state index is 0.0499. The summed E-state index contributed by atoms with van der Waals surface area (Å²) in [6, 6.07) is 4.85. The van der Waals surface area contributed by atoms with Crippen molar-refractivity contribution in [1.29, 1.82) is 0 Å². The van der Waals surface area contributed by atoms with Gasteiger partial charge >= 0.3 is 5.69 Å². The first-order chi connectivity index (χ1) is 8.58. The molecule has 0 aromatic heterocycles. The molecule has 2 N–H and O–H groups in total. The van der Waals surface area contributed by atoms with Crippen LogP contribution in [0.1, 0.15) is 19.8 Å². The molecular weight excluding hydrogens is 236 g/mol. The summed E-state index contributed by atoms with van der Waals surface area (Å²) in [5.74, 6) is 0.236. The predicted octanol–water partition coefficient (Wildman–Crippen LogP) is 2.18. The van der Waals surface area contributed by atoms with Crippen molar-refractivity contribution in [3.63, 3.8) is 0 Å². The van der Waals surface area contributed by atoms with Gasteiger partial charge in [0.1, 0.15) is 0 Å². The van der Waals surface area contributed by atoms with Gasteiger partial charge in [0.05, 0.1) is 12.0 Å². The number of nitro benzene ring substituents is 1. The number of nitro groups is 1. The molecule has 1 aromatic rings. The van der Waals surface area contributed by atoms with E-state index in [0.717, 1.165) is 18.5 Å². The lowest BCUT2D eigenvalue weighted by molar-refractivity contribution is -0.385. The summed E-state index contributed by atoms with van der Waals surface area (Å²) >= 11 is 0. The molecule has 0 aliphatic rings. The first kappa shape index (κ1) is 14.2. The van der Waals surface area contributed by atoms with E-state index in [9.17, 15) is 10.1 Å². The van der Waals surface area contributed by atoms with Crippen LogP contribution < -0.4 is 10.1 Å². The number of ether oxygens (including phenoxy) is 1. The first-order valence-corrected chi connectivity index (χ1v) is 5.78. The fourth-order valence-corrected chi connectivity index (χ4v) is 1.67. The lowest BCUT2D eigenvalue weighted by atomic mass is 10.1. The van der Waals surface area contributed by atoms with Crippen LogP contribution in [0.5, 0.6) is 5.75 Å². The van der Waals surface area contributed by atoms with Gasteiger partial charge in [0.25, 0.3) is 0 Å². The molecule has 1 unspecified atom stereocenters. The van der Waals surface area contributed by atoms with E-state index in [1.807, 2.05) is 6.92 Å². The summed E-state index contributed by atoms with van der Waals surface area (Å²) in [7, 11) is 1.40. The molecule has 0 radical (unpaired) electrons. The molecule has 0 saturated carbocycles. The van der Waals surface area contributed by atoms with Gasteiger partial charge in [-0.2, -0.15) is 0 Å². The van der Waals surface area contributed by atoms with Crippen molar-refractivity contribution in [3.8, 4) is 5.75 Å². The average Bonchev–Trinajstić information content (AvgIpc) is 2.35. The Hall–Kier alpha value is -1.82. The van der Waals surface area contributed by atoms with Crippen molar-refractivity contribution in [2.75, 3.05) is 19.0 Å². The zero-order valence-electron chi connectivity index (χ0n) is 10.5. The highest BCUT2D eigenvalue weighted by Gasteiger charge is 2.15. The summed E-state index contributed by atoms with van der Waals surface area (Å²) in [5.41, 5.74) is 0.717. The average molecular weight is 254 g/mol. The van der Waals surface area contributed by atoms with Crippen LogP contribution in [-0.4, -0.2) is 29.8 Å². The second-order valence-corrected chi connectivity index (χ2v) is 4.05. The smallest absolute Gasteiger partial charge is 0.311 e. The van der Waals surface area contributed by atoms with Gasteiger partial charge in [0.15, 0.2) is 5.75 Å². The number of nitrogens with one attached hydrogen (secondary N) is 1. The van der Waals surface area contributed by atoms with Crippen LogP contribution in [0.15, 0.2) is 18.2 Å². The number of nitrogens with zero attached hydrogens (tertiary/aromatic N) is 1. The molecule has 0 saturated heterocycles. The number of aliphatic hydroxyl groups excluding tert-OH is 1. The van der Waals surface area contributed by atoms with Gasteiger partial charge in [-0.3, -0.25) is 10.1 Å². The van der Waals surface area contributed by atoms with Crippen molar-refractivity contribution in [2.45, 2.75) is 25.8 Å². The number of hydrogen-bond donors (Lipinski definition) is 2. The molecule has 1 aromatic carbocycles. The quantitative estimate of drug-likeness (QED) is 0.575. The standard InChI is InChI=1S/C12H18N2O4/c1-9(4-3-7-15)13-10-5-6-11(14(16)17)12(8-10)18-2/h5-6,8-9,13,15H,3-4,7H2,1-2H3. The molecule has 100 valence electrons. The Morgan fingerprint density at radius 2 is 2.28 bits per heavy atom. The zero-order chi connectivity index (χ0) is 13.5. The lowest BCUT2D eigenvalue weighted by Crippen LogP contribution is -2.15. The highest BCUT2D eigenvalue weighted by atomic mass is 16.6. The number of rotatable bonds is 7. The van der Waals surface area contributed by atoms with Gasteiger partial charge in [-0.05, 0) is 25.8 Å². The summed E-state index contributed by atoms with van der Waals surface area (Å²) in [5, 5.41) is 22.7. The van der Waals surface area contributed by atoms with Gasteiger partial charge in [-0.15, -0.1) is 0 Å². The molecule has 1 atom stereocenters.